The SMILES string of the molecule is Cn1c(=NNS(=O)(=O)OS(=O)(=O)c2ccccc2)sc2ccccc21.[NaH]. The Labute approximate surface area is 176 Å². The molecule has 1 aromatic heterocycles. The van der Waals surface area contributed by atoms with Gasteiger partial charge in [-0.1, -0.05) is 41.7 Å². The number of thiazole rings is 1. The second-order valence-electron chi connectivity index (χ2n) is 4.90. The predicted octanol–water partition coefficient (Wildman–Crippen LogP) is 0.647. The molecule has 134 valence electrons. The molecule has 0 unspecified atom stereocenters. The van der Waals surface area contributed by atoms with Crippen LogP contribution >= 0.6 is 11.3 Å². The standard InChI is InChI=1S/C14H13N3O5S3.Na.H/c1-17-12-9-5-6-10-13(12)23-14(17)15-16-25(20,21)22-24(18,19)11-7-3-2-4-8-11;;/h2-10,16H,1H3;;. The first-order valence-electron chi connectivity index (χ1n) is 6.90. The molecule has 0 aliphatic rings. The molecule has 0 radical (unpaired) electrons. The van der Waals surface area contributed by atoms with Crippen molar-refractivity contribution in [2.45, 2.75) is 4.90 Å². The van der Waals surface area contributed by atoms with Crippen LogP contribution in [0.5, 0.6) is 0 Å². The summed E-state index contributed by atoms with van der Waals surface area (Å²) in [4.78, 5) is 1.86. The van der Waals surface area contributed by atoms with Crippen LogP contribution in [0.2, 0.25) is 0 Å². The van der Waals surface area contributed by atoms with Crippen molar-refractivity contribution in [3.05, 3.63) is 59.4 Å². The Balaban J connectivity index is 0.00000243. The second-order valence-corrected chi connectivity index (χ2v) is 8.93. The normalized spacial score (nSPS) is 12.7. The van der Waals surface area contributed by atoms with E-state index >= 15 is 0 Å². The van der Waals surface area contributed by atoms with Crippen molar-refractivity contribution in [3.63, 3.8) is 0 Å². The zero-order chi connectivity index (χ0) is 18.1. The van der Waals surface area contributed by atoms with Crippen molar-refractivity contribution in [3.8, 4) is 0 Å². The summed E-state index contributed by atoms with van der Waals surface area (Å²) in [6, 6.07) is 14.4. The van der Waals surface area contributed by atoms with E-state index in [0.29, 0.717) is 4.80 Å². The van der Waals surface area contributed by atoms with Crippen LogP contribution < -0.4 is 9.63 Å². The average molecular weight is 423 g/mol. The Morgan fingerprint density at radius 3 is 2.27 bits per heavy atom. The number of aromatic nitrogens is 1. The molecular formula is C14H14N3NaO5S3. The van der Waals surface area contributed by atoms with E-state index in [1.807, 2.05) is 24.3 Å². The van der Waals surface area contributed by atoms with E-state index in [1.54, 1.807) is 22.5 Å². The summed E-state index contributed by atoms with van der Waals surface area (Å²) in [5, 5.41) is 3.75. The van der Waals surface area contributed by atoms with E-state index in [9.17, 15) is 16.8 Å². The van der Waals surface area contributed by atoms with Gasteiger partial charge in [0.25, 0.3) is 0 Å². The minimum atomic E-state index is -4.65. The molecule has 0 amide bonds. The number of hydrogen-bond acceptors (Lipinski definition) is 7. The monoisotopic (exact) mass is 423 g/mol. The minimum absolute atomic E-state index is 0. The van der Waals surface area contributed by atoms with Crippen LogP contribution in [-0.4, -0.2) is 51.0 Å². The van der Waals surface area contributed by atoms with Gasteiger partial charge in [-0.05, 0) is 24.3 Å². The third kappa shape index (κ3) is 4.74. The van der Waals surface area contributed by atoms with Gasteiger partial charge in [0.15, 0.2) is 0 Å². The van der Waals surface area contributed by atoms with Gasteiger partial charge in [-0.15, -0.1) is 8.73 Å². The van der Waals surface area contributed by atoms with Crippen molar-refractivity contribution in [2.24, 2.45) is 12.1 Å². The Bertz CT molecular complexity index is 1190. The number of rotatable bonds is 5. The molecule has 12 heteroatoms. The van der Waals surface area contributed by atoms with E-state index in [0.717, 1.165) is 10.2 Å². The summed E-state index contributed by atoms with van der Waals surface area (Å²) in [7, 11) is -7.41. The predicted molar refractivity (Wildman–Crippen MR) is 100 cm³/mol. The number of para-hydroxylation sites is 1. The Morgan fingerprint density at radius 2 is 1.62 bits per heavy atom. The molecule has 0 saturated heterocycles. The Hall–Kier alpha value is -1.21. The first kappa shape index (κ1) is 21.1. The van der Waals surface area contributed by atoms with E-state index in [2.05, 4.69) is 8.73 Å². The maximum absolute atomic E-state index is 12.0. The van der Waals surface area contributed by atoms with Gasteiger partial charge in [0.1, 0.15) is 0 Å². The fraction of sp³-hybridized carbons (Fsp3) is 0.0714. The Morgan fingerprint density at radius 1 is 1.00 bits per heavy atom. The van der Waals surface area contributed by atoms with Crippen molar-refractivity contribution < 1.29 is 20.5 Å². The van der Waals surface area contributed by atoms with E-state index in [4.69, 9.17) is 0 Å². The van der Waals surface area contributed by atoms with Crippen LogP contribution in [0.4, 0.5) is 0 Å². The van der Waals surface area contributed by atoms with Gasteiger partial charge in [-0.3, -0.25) is 0 Å². The van der Waals surface area contributed by atoms with Crippen LogP contribution in [0.3, 0.4) is 0 Å². The molecule has 0 saturated carbocycles. The molecule has 0 bridgehead atoms. The van der Waals surface area contributed by atoms with Crippen molar-refractivity contribution >= 4 is 71.5 Å². The van der Waals surface area contributed by atoms with Crippen molar-refractivity contribution in [1.29, 1.82) is 0 Å². The quantitative estimate of drug-likeness (QED) is 0.479. The molecule has 0 fully saturated rings. The zero-order valence-corrected chi connectivity index (χ0v) is 15.3. The van der Waals surface area contributed by atoms with Gasteiger partial charge in [0.05, 0.1) is 15.1 Å². The molecule has 3 aromatic rings. The summed E-state index contributed by atoms with van der Waals surface area (Å²) in [5.41, 5.74) is 0.864. The third-order valence-electron chi connectivity index (χ3n) is 3.18. The van der Waals surface area contributed by atoms with Crippen LogP contribution in [0.1, 0.15) is 0 Å². The zero-order valence-electron chi connectivity index (χ0n) is 12.9. The van der Waals surface area contributed by atoms with E-state index in [-0.39, 0.29) is 34.5 Å². The maximum atomic E-state index is 12.0. The topological polar surface area (TPSA) is 107 Å². The van der Waals surface area contributed by atoms with Crippen LogP contribution in [-0.2, 0) is 31.1 Å². The van der Waals surface area contributed by atoms with Crippen LogP contribution in [0.25, 0.3) is 10.2 Å². The fourth-order valence-corrected chi connectivity index (χ4v) is 5.15. The molecule has 1 heterocycles. The molecule has 1 N–H and O–H groups in total. The van der Waals surface area contributed by atoms with Gasteiger partial charge in [-0.25, -0.2) is 0 Å². The molecule has 0 aliphatic carbocycles. The molecule has 26 heavy (non-hydrogen) atoms. The van der Waals surface area contributed by atoms with Crippen molar-refractivity contribution in [1.82, 2.24) is 9.40 Å². The van der Waals surface area contributed by atoms with Gasteiger partial charge in [0.2, 0.25) is 4.80 Å². The first-order chi connectivity index (χ1) is 11.8. The number of nitrogens with zero attached hydrogens (tertiary/aromatic N) is 2. The number of fused-ring (bicyclic) bond motifs is 1. The number of aryl methyl sites for hydroxylation is 1. The molecule has 8 nitrogen and oxygen atoms in total. The summed E-state index contributed by atoms with van der Waals surface area (Å²) >= 11 is 1.24. The van der Waals surface area contributed by atoms with Gasteiger partial charge in [0, 0.05) is 7.05 Å². The van der Waals surface area contributed by atoms with E-state index in [1.165, 1.54) is 35.6 Å². The molecule has 0 aliphatic heterocycles. The second kappa shape index (κ2) is 8.21. The number of nitrogens with one attached hydrogen (secondary N) is 1. The molecule has 2 aromatic carbocycles. The van der Waals surface area contributed by atoms with Gasteiger partial charge in [-0.2, -0.15) is 21.7 Å². The van der Waals surface area contributed by atoms with E-state index < -0.39 is 20.4 Å². The molecule has 3 rings (SSSR count). The first-order valence-corrected chi connectivity index (χ1v) is 10.5. The van der Waals surface area contributed by atoms with Gasteiger partial charge >= 0.3 is 50.0 Å². The molecule has 0 spiro atoms. The van der Waals surface area contributed by atoms with Crippen LogP contribution in [0.15, 0.2) is 64.6 Å². The molecule has 0 atom stereocenters. The summed E-state index contributed by atoms with van der Waals surface area (Å²) in [6.45, 7) is 0. The average Bonchev–Trinajstić information content (AvgIpc) is 2.90. The Kier molecular flexibility index (Phi) is 6.66. The summed E-state index contributed by atoms with van der Waals surface area (Å²) < 4.78 is 54.6. The summed E-state index contributed by atoms with van der Waals surface area (Å²) in [6.07, 6.45) is 0. The number of hydrogen-bond donors (Lipinski definition) is 1. The number of benzene rings is 2. The van der Waals surface area contributed by atoms with Crippen molar-refractivity contribution in [2.75, 3.05) is 0 Å². The third-order valence-corrected chi connectivity index (χ3v) is 6.89. The molecular weight excluding hydrogens is 409 g/mol. The van der Waals surface area contributed by atoms with Crippen LogP contribution in [0, 0.1) is 0 Å². The fourth-order valence-electron chi connectivity index (χ4n) is 2.04. The summed E-state index contributed by atoms with van der Waals surface area (Å²) in [5.74, 6) is 0. The van der Waals surface area contributed by atoms with Gasteiger partial charge < -0.3 is 4.57 Å².